The number of nitrogens with one attached hydrogen (secondary N) is 1. The van der Waals surface area contributed by atoms with Crippen molar-refractivity contribution in [2.45, 2.75) is 43.9 Å². The summed E-state index contributed by atoms with van der Waals surface area (Å²) in [7, 11) is 0. The van der Waals surface area contributed by atoms with Crippen molar-refractivity contribution >= 4 is 23.0 Å². The highest BCUT2D eigenvalue weighted by atomic mass is 32.1. The van der Waals surface area contributed by atoms with Crippen molar-refractivity contribution in [3.63, 3.8) is 0 Å². The summed E-state index contributed by atoms with van der Waals surface area (Å²) in [5.74, 6) is -0.112. The fourth-order valence-corrected chi connectivity index (χ4v) is 4.34. The minimum atomic E-state index is -0.313. The fraction of sp³-hybridized carbons (Fsp3) is 0.647. The number of ether oxygens (including phenoxy) is 1. The number of hydrogen-bond acceptors (Lipinski definition) is 6. The number of carbonyl (C=O) groups excluding carboxylic acids is 1. The van der Waals surface area contributed by atoms with Crippen molar-refractivity contribution in [2.75, 3.05) is 26.2 Å². The predicted molar refractivity (Wildman–Crippen MR) is 92.1 cm³/mol. The molecule has 6 nitrogen and oxygen atoms in total. The molecule has 24 heavy (non-hydrogen) atoms. The van der Waals surface area contributed by atoms with E-state index in [4.69, 9.17) is 9.57 Å². The van der Waals surface area contributed by atoms with Gasteiger partial charge >= 0.3 is 0 Å². The van der Waals surface area contributed by atoms with E-state index in [1.807, 2.05) is 0 Å². The van der Waals surface area contributed by atoms with Crippen LogP contribution in [0.4, 0.5) is 0 Å². The van der Waals surface area contributed by atoms with E-state index in [2.05, 4.69) is 32.2 Å². The molecule has 1 aromatic rings. The maximum absolute atomic E-state index is 12.3. The molecular weight excluding hydrogens is 326 g/mol. The molecule has 130 valence electrons. The summed E-state index contributed by atoms with van der Waals surface area (Å²) in [4.78, 5) is 20.4. The Kier molecular flexibility index (Phi) is 4.56. The van der Waals surface area contributed by atoms with Crippen LogP contribution in [-0.4, -0.2) is 54.5 Å². The Morgan fingerprint density at radius 1 is 1.54 bits per heavy atom. The van der Waals surface area contributed by atoms with Crippen molar-refractivity contribution in [2.24, 2.45) is 5.16 Å². The molecule has 0 bridgehead atoms. The average molecular weight is 349 g/mol. The zero-order chi connectivity index (χ0) is 16.4. The minimum absolute atomic E-state index is 0.112. The van der Waals surface area contributed by atoms with Gasteiger partial charge in [-0.05, 0) is 35.2 Å². The Hall–Kier alpha value is -1.44. The van der Waals surface area contributed by atoms with E-state index in [-0.39, 0.29) is 17.6 Å². The second-order valence-corrected chi connectivity index (χ2v) is 7.71. The summed E-state index contributed by atoms with van der Waals surface area (Å²) < 4.78 is 5.53. The molecule has 3 aliphatic rings. The smallest absolute Gasteiger partial charge is 0.269 e. The van der Waals surface area contributed by atoms with Crippen LogP contribution in [0.2, 0.25) is 0 Å². The summed E-state index contributed by atoms with van der Waals surface area (Å²) in [6.45, 7) is 4.11. The number of oxime groups is 1. The predicted octanol–water partition coefficient (Wildman–Crippen LogP) is 1.76. The number of nitrogens with zero attached hydrogens (tertiary/aromatic N) is 2. The van der Waals surface area contributed by atoms with Crippen LogP contribution in [0.15, 0.2) is 22.0 Å². The van der Waals surface area contributed by atoms with Gasteiger partial charge in [-0.1, -0.05) is 5.16 Å². The van der Waals surface area contributed by atoms with Gasteiger partial charge in [0.1, 0.15) is 5.71 Å². The van der Waals surface area contributed by atoms with Gasteiger partial charge < -0.3 is 14.9 Å². The summed E-state index contributed by atoms with van der Waals surface area (Å²) in [6.07, 6.45) is 3.77. The average Bonchev–Trinajstić information content (AvgIpc) is 3.35. The molecule has 0 radical (unpaired) electrons. The Balaban J connectivity index is 1.26. The van der Waals surface area contributed by atoms with Crippen LogP contribution in [-0.2, 0) is 20.9 Å². The topological polar surface area (TPSA) is 63.2 Å². The molecule has 0 aromatic carbocycles. The van der Waals surface area contributed by atoms with E-state index in [0.29, 0.717) is 18.7 Å². The Bertz CT molecular complexity index is 613. The third kappa shape index (κ3) is 3.48. The first-order chi connectivity index (χ1) is 11.7. The number of thiophene rings is 1. The SMILES string of the molecule is O=C(NC[C@@H]1CCCO1)C1=NO[C@@]2(CCN(Cc3ccsc3)C2)C1. The van der Waals surface area contributed by atoms with E-state index in [0.717, 1.165) is 45.5 Å². The molecule has 4 heterocycles. The van der Waals surface area contributed by atoms with Gasteiger partial charge in [0.2, 0.25) is 0 Å². The first-order valence-electron chi connectivity index (χ1n) is 8.61. The van der Waals surface area contributed by atoms with Gasteiger partial charge in [0.25, 0.3) is 5.91 Å². The van der Waals surface area contributed by atoms with E-state index in [9.17, 15) is 4.79 Å². The highest BCUT2D eigenvalue weighted by molar-refractivity contribution is 7.07. The van der Waals surface area contributed by atoms with Crippen LogP contribution in [0.3, 0.4) is 0 Å². The number of amides is 1. The van der Waals surface area contributed by atoms with E-state index >= 15 is 0 Å². The highest BCUT2D eigenvalue weighted by Gasteiger charge is 2.46. The number of rotatable bonds is 5. The molecule has 1 N–H and O–H groups in total. The lowest BCUT2D eigenvalue weighted by Gasteiger charge is -2.21. The molecule has 1 amide bonds. The third-order valence-corrected chi connectivity index (χ3v) is 5.73. The maximum Gasteiger partial charge on any atom is 0.269 e. The van der Waals surface area contributed by atoms with Crippen LogP contribution in [0.5, 0.6) is 0 Å². The van der Waals surface area contributed by atoms with Gasteiger partial charge in [-0.25, -0.2) is 0 Å². The van der Waals surface area contributed by atoms with Gasteiger partial charge in [-0.15, -0.1) is 0 Å². The zero-order valence-corrected chi connectivity index (χ0v) is 14.5. The lowest BCUT2D eigenvalue weighted by molar-refractivity contribution is -0.115. The number of hydrogen-bond donors (Lipinski definition) is 1. The van der Waals surface area contributed by atoms with Crippen molar-refractivity contribution in [3.8, 4) is 0 Å². The van der Waals surface area contributed by atoms with Crippen LogP contribution in [0.25, 0.3) is 0 Å². The second-order valence-electron chi connectivity index (χ2n) is 6.93. The molecule has 7 heteroatoms. The van der Waals surface area contributed by atoms with Gasteiger partial charge in [0, 0.05) is 45.6 Å². The molecule has 2 atom stereocenters. The normalized spacial score (nSPS) is 29.8. The van der Waals surface area contributed by atoms with Crippen LogP contribution >= 0.6 is 11.3 Å². The van der Waals surface area contributed by atoms with Gasteiger partial charge in [0.15, 0.2) is 5.60 Å². The highest BCUT2D eigenvalue weighted by Crippen LogP contribution is 2.34. The van der Waals surface area contributed by atoms with Crippen molar-refractivity contribution in [1.29, 1.82) is 0 Å². The first-order valence-corrected chi connectivity index (χ1v) is 9.55. The van der Waals surface area contributed by atoms with E-state index in [1.165, 1.54) is 5.56 Å². The number of likely N-dealkylation sites (tertiary alicyclic amines) is 1. The van der Waals surface area contributed by atoms with Gasteiger partial charge in [-0.3, -0.25) is 9.69 Å². The monoisotopic (exact) mass is 349 g/mol. The molecule has 3 aliphatic heterocycles. The van der Waals surface area contributed by atoms with Crippen LogP contribution < -0.4 is 5.32 Å². The van der Waals surface area contributed by atoms with Crippen molar-refractivity contribution in [1.82, 2.24) is 10.2 Å². The lowest BCUT2D eigenvalue weighted by atomic mass is 9.96. The molecule has 4 rings (SSSR count). The Morgan fingerprint density at radius 3 is 3.29 bits per heavy atom. The molecule has 0 aliphatic carbocycles. The molecule has 1 spiro atoms. The van der Waals surface area contributed by atoms with Crippen molar-refractivity contribution in [3.05, 3.63) is 22.4 Å². The third-order valence-electron chi connectivity index (χ3n) is 5.00. The molecule has 0 saturated carbocycles. The zero-order valence-electron chi connectivity index (χ0n) is 13.7. The molecule has 2 fully saturated rings. The minimum Gasteiger partial charge on any atom is -0.387 e. The fourth-order valence-electron chi connectivity index (χ4n) is 3.68. The van der Waals surface area contributed by atoms with Crippen LogP contribution in [0, 0.1) is 0 Å². The van der Waals surface area contributed by atoms with Gasteiger partial charge in [0.05, 0.1) is 6.10 Å². The molecule has 0 unspecified atom stereocenters. The molecular formula is C17H23N3O3S. The number of carbonyl (C=O) groups is 1. The van der Waals surface area contributed by atoms with Crippen LogP contribution in [0.1, 0.15) is 31.2 Å². The Morgan fingerprint density at radius 2 is 2.50 bits per heavy atom. The lowest BCUT2D eigenvalue weighted by Crippen LogP contribution is -2.39. The van der Waals surface area contributed by atoms with Gasteiger partial charge in [-0.2, -0.15) is 11.3 Å². The summed E-state index contributed by atoms with van der Waals surface area (Å²) >= 11 is 1.72. The quantitative estimate of drug-likeness (QED) is 0.880. The Labute approximate surface area is 145 Å². The van der Waals surface area contributed by atoms with Crippen molar-refractivity contribution < 1.29 is 14.4 Å². The summed E-state index contributed by atoms with van der Waals surface area (Å²) in [5, 5.41) is 11.3. The summed E-state index contributed by atoms with van der Waals surface area (Å²) in [5.41, 5.74) is 1.54. The molecule has 1 aromatic heterocycles. The standard InChI is InChI=1S/C17H23N3O3S/c21-16(18-9-14-2-1-6-22-14)15-8-17(23-19-15)4-5-20(12-17)10-13-3-7-24-11-13/h3,7,11,14H,1-2,4-6,8-10,12H2,(H,18,21)/t14-,17-/m0/s1. The largest absolute Gasteiger partial charge is 0.387 e. The van der Waals surface area contributed by atoms with E-state index in [1.54, 1.807) is 11.3 Å². The summed E-state index contributed by atoms with van der Waals surface area (Å²) in [6, 6.07) is 2.16. The van der Waals surface area contributed by atoms with E-state index < -0.39 is 0 Å². The second kappa shape index (κ2) is 6.82. The first kappa shape index (κ1) is 16.1. The molecule has 2 saturated heterocycles. The maximum atomic E-state index is 12.3.